The molecular weight excluding hydrogens is 230 g/mol. The van der Waals surface area contributed by atoms with Crippen LogP contribution in [0.25, 0.3) is 0 Å². The SMILES string of the molecule is COc1ccc(OC)c(C[NH2+]C[C@H]2CCCO2)c1. The largest absolute Gasteiger partial charge is 0.497 e. The molecule has 0 spiro atoms. The highest BCUT2D eigenvalue weighted by Gasteiger charge is 2.17. The van der Waals surface area contributed by atoms with Crippen molar-refractivity contribution in [3.8, 4) is 11.5 Å². The number of hydrogen-bond acceptors (Lipinski definition) is 3. The van der Waals surface area contributed by atoms with Crippen LogP contribution in [0, 0.1) is 0 Å². The molecule has 1 atom stereocenters. The quantitative estimate of drug-likeness (QED) is 0.819. The van der Waals surface area contributed by atoms with Crippen molar-refractivity contribution in [1.82, 2.24) is 0 Å². The summed E-state index contributed by atoms with van der Waals surface area (Å²) in [5.41, 5.74) is 1.16. The number of quaternary nitrogens is 1. The van der Waals surface area contributed by atoms with Gasteiger partial charge in [0.25, 0.3) is 0 Å². The Labute approximate surface area is 108 Å². The highest BCUT2D eigenvalue weighted by molar-refractivity contribution is 5.39. The molecule has 1 aliphatic heterocycles. The lowest BCUT2D eigenvalue weighted by atomic mass is 10.1. The van der Waals surface area contributed by atoms with Crippen LogP contribution in [0.5, 0.6) is 11.5 Å². The van der Waals surface area contributed by atoms with Crippen molar-refractivity contribution in [3.63, 3.8) is 0 Å². The van der Waals surface area contributed by atoms with Crippen molar-refractivity contribution in [3.05, 3.63) is 23.8 Å². The molecule has 2 N–H and O–H groups in total. The monoisotopic (exact) mass is 252 g/mol. The zero-order valence-corrected chi connectivity index (χ0v) is 11.1. The molecule has 1 aromatic rings. The second-order valence-electron chi connectivity index (χ2n) is 4.54. The smallest absolute Gasteiger partial charge is 0.127 e. The Morgan fingerprint density at radius 3 is 2.89 bits per heavy atom. The molecule has 4 heteroatoms. The second-order valence-corrected chi connectivity index (χ2v) is 4.54. The van der Waals surface area contributed by atoms with Gasteiger partial charge in [-0.1, -0.05) is 0 Å². The molecule has 0 unspecified atom stereocenters. The lowest BCUT2D eigenvalue weighted by Crippen LogP contribution is -2.84. The first-order valence-electron chi connectivity index (χ1n) is 6.47. The fourth-order valence-corrected chi connectivity index (χ4v) is 2.30. The van der Waals surface area contributed by atoms with E-state index in [9.17, 15) is 0 Å². The van der Waals surface area contributed by atoms with Crippen LogP contribution in [0.1, 0.15) is 18.4 Å². The van der Waals surface area contributed by atoms with Gasteiger partial charge in [-0.05, 0) is 31.0 Å². The maximum atomic E-state index is 5.61. The Balaban J connectivity index is 1.89. The first-order chi connectivity index (χ1) is 8.83. The molecule has 1 aromatic carbocycles. The molecule has 0 bridgehead atoms. The Morgan fingerprint density at radius 1 is 1.33 bits per heavy atom. The summed E-state index contributed by atoms with van der Waals surface area (Å²) in [4.78, 5) is 0. The molecule has 0 radical (unpaired) electrons. The zero-order valence-electron chi connectivity index (χ0n) is 11.1. The standard InChI is InChI=1S/C14H21NO3/c1-16-12-5-6-14(17-2)11(8-12)9-15-10-13-4-3-7-18-13/h5-6,8,13,15H,3-4,7,9-10H2,1-2H3/p+1/t13-/m1/s1. The highest BCUT2D eigenvalue weighted by atomic mass is 16.5. The molecule has 100 valence electrons. The van der Waals surface area contributed by atoms with Crippen LogP contribution in [-0.4, -0.2) is 33.5 Å². The zero-order chi connectivity index (χ0) is 12.8. The van der Waals surface area contributed by atoms with Gasteiger partial charge in [-0.2, -0.15) is 0 Å². The van der Waals surface area contributed by atoms with Crippen LogP contribution in [0.3, 0.4) is 0 Å². The maximum Gasteiger partial charge on any atom is 0.127 e. The third kappa shape index (κ3) is 3.37. The summed E-state index contributed by atoms with van der Waals surface area (Å²) < 4.78 is 16.2. The second kappa shape index (κ2) is 6.61. The number of rotatable bonds is 6. The van der Waals surface area contributed by atoms with E-state index >= 15 is 0 Å². The number of ether oxygens (including phenoxy) is 3. The minimum Gasteiger partial charge on any atom is -0.497 e. The van der Waals surface area contributed by atoms with E-state index in [1.54, 1.807) is 14.2 Å². The van der Waals surface area contributed by atoms with Crippen molar-refractivity contribution >= 4 is 0 Å². The summed E-state index contributed by atoms with van der Waals surface area (Å²) in [7, 11) is 3.38. The van der Waals surface area contributed by atoms with Gasteiger partial charge in [0.15, 0.2) is 0 Å². The first-order valence-corrected chi connectivity index (χ1v) is 6.47. The Bertz CT molecular complexity index is 375. The van der Waals surface area contributed by atoms with Gasteiger partial charge in [-0.15, -0.1) is 0 Å². The maximum absolute atomic E-state index is 5.61. The molecule has 4 nitrogen and oxygen atoms in total. The van der Waals surface area contributed by atoms with Crippen LogP contribution in [-0.2, 0) is 11.3 Å². The summed E-state index contributed by atoms with van der Waals surface area (Å²) in [6, 6.07) is 5.90. The lowest BCUT2D eigenvalue weighted by molar-refractivity contribution is -0.676. The Kier molecular flexibility index (Phi) is 4.84. The van der Waals surface area contributed by atoms with Crippen molar-refractivity contribution < 1.29 is 19.5 Å². The molecule has 0 aromatic heterocycles. The third-order valence-electron chi connectivity index (χ3n) is 3.31. The molecule has 1 heterocycles. The predicted octanol–water partition coefficient (Wildman–Crippen LogP) is 0.946. The van der Waals surface area contributed by atoms with Gasteiger partial charge in [0.2, 0.25) is 0 Å². The molecule has 1 saturated heterocycles. The number of nitrogens with two attached hydrogens (primary N) is 1. The number of benzene rings is 1. The fourth-order valence-electron chi connectivity index (χ4n) is 2.30. The third-order valence-corrected chi connectivity index (χ3v) is 3.31. The van der Waals surface area contributed by atoms with Crippen molar-refractivity contribution in [2.45, 2.75) is 25.5 Å². The average Bonchev–Trinajstić information content (AvgIpc) is 2.92. The summed E-state index contributed by atoms with van der Waals surface area (Å²) in [5, 5.41) is 2.27. The van der Waals surface area contributed by atoms with Crippen LogP contribution in [0.15, 0.2) is 18.2 Å². The van der Waals surface area contributed by atoms with E-state index in [2.05, 4.69) is 5.32 Å². The first kappa shape index (κ1) is 13.2. The fraction of sp³-hybridized carbons (Fsp3) is 0.571. The van der Waals surface area contributed by atoms with Crippen molar-refractivity contribution in [2.75, 3.05) is 27.4 Å². The van der Waals surface area contributed by atoms with Gasteiger partial charge in [0.05, 0.1) is 19.8 Å². The van der Waals surface area contributed by atoms with Gasteiger partial charge in [0, 0.05) is 6.61 Å². The molecule has 0 saturated carbocycles. The normalized spacial score (nSPS) is 18.9. The molecule has 2 rings (SSSR count). The van der Waals surface area contributed by atoms with Crippen LogP contribution < -0.4 is 14.8 Å². The van der Waals surface area contributed by atoms with Crippen molar-refractivity contribution in [2.24, 2.45) is 0 Å². The van der Waals surface area contributed by atoms with Crippen LogP contribution in [0.4, 0.5) is 0 Å². The highest BCUT2D eigenvalue weighted by Crippen LogP contribution is 2.22. The molecule has 0 amide bonds. The summed E-state index contributed by atoms with van der Waals surface area (Å²) >= 11 is 0. The van der Waals surface area contributed by atoms with E-state index in [1.165, 1.54) is 12.8 Å². The number of hydrogen-bond donors (Lipinski definition) is 1. The van der Waals surface area contributed by atoms with E-state index < -0.39 is 0 Å². The average molecular weight is 252 g/mol. The van der Waals surface area contributed by atoms with E-state index in [0.29, 0.717) is 6.10 Å². The van der Waals surface area contributed by atoms with Crippen LogP contribution in [0.2, 0.25) is 0 Å². The minimum atomic E-state index is 0.418. The van der Waals surface area contributed by atoms with E-state index in [-0.39, 0.29) is 0 Å². The van der Waals surface area contributed by atoms with Gasteiger partial charge < -0.3 is 19.5 Å². The summed E-state index contributed by atoms with van der Waals surface area (Å²) in [6.07, 6.45) is 2.80. The Morgan fingerprint density at radius 2 is 2.22 bits per heavy atom. The van der Waals surface area contributed by atoms with Gasteiger partial charge in [0.1, 0.15) is 30.7 Å². The summed E-state index contributed by atoms with van der Waals surface area (Å²) in [5.74, 6) is 1.79. The predicted molar refractivity (Wildman–Crippen MR) is 69.0 cm³/mol. The van der Waals surface area contributed by atoms with Crippen LogP contribution >= 0.6 is 0 Å². The molecular formula is C14H22NO3+. The van der Waals surface area contributed by atoms with Gasteiger partial charge in [-0.25, -0.2) is 0 Å². The van der Waals surface area contributed by atoms with Crippen molar-refractivity contribution in [1.29, 1.82) is 0 Å². The summed E-state index contributed by atoms with van der Waals surface area (Å²) in [6.45, 7) is 2.82. The van der Waals surface area contributed by atoms with E-state index in [0.717, 1.165) is 36.8 Å². The number of methoxy groups -OCH3 is 2. The molecule has 1 aliphatic rings. The van der Waals surface area contributed by atoms with E-state index in [4.69, 9.17) is 14.2 Å². The Hall–Kier alpha value is -1.26. The molecule has 1 fully saturated rings. The van der Waals surface area contributed by atoms with Gasteiger partial charge >= 0.3 is 0 Å². The van der Waals surface area contributed by atoms with Gasteiger partial charge in [-0.3, -0.25) is 0 Å². The lowest BCUT2D eigenvalue weighted by Gasteiger charge is -2.11. The molecule has 18 heavy (non-hydrogen) atoms. The van der Waals surface area contributed by atoms with E-state index in [1.807, 2.05) is 18.2 Å². The topological polar surface area (TPSA) is 44.3 Å². The minimum absolute atomic E-state index is 0.418. The molecule has 0 aliphatic carbocycles.